The van der Waals surface area contributed by atoms with Crippen LogP contribution in [0.2, 0.25) is 0 Å². The third-order valence-corrected chi connectivity index (χ3v) is 4.56. The smallest absolute Gasteiger partial charge is 0.242 e. The average Bonchev–Trinajstić information content (AvgIpc) is 2.61. The van der Waals surface area contributed by atoms with Crippen LogP contribution in [-0.2, 0) is 16.1 Å². The van der Waals surface area contributed by atoms with Crippen LogP contribution in [0.25, 0.3) is 0 Å². The zero-order chi connectivity index (χ0) is 16.2. The maximum absolute atomic E-state index is 12.5. The van der Waals surface area contributed by atoms with E-state index in [9.17, 15) is 4.79 Å². The first-order chi connectivity index (χ1) is 11.2. The van der Waals surface area contributed by atoms with Crippen LogP contribution in [-0.4, -0.2) is 60.2 Å². The van der Waals surface area contributed by atoms with E-state index in [2.05, 4.69) is 15.3 Å². The maximum atomic E-state index is 12.5. The van der Waals surface area contributed by atoms with Crippen LogP contribution < -0.4 is 10.2 Å². The summed E-state index contributed by atoms with van der Waals surface area (Å²) in [4.78, 5) is 25.2. The largest absolute Gasteiger partial charge is 0.380 e. The number of amides is 1. The summed E-state index contributed by atoms with van der Waals surface area (Å²) in [5.41, 5.74) is 1.00. The highest BCUT2D eigenvalue weighted by Crippen LogP contribution is 2.32. The molecule has 0 atom stereocenters. The standard InChI is InChI=1S/C16H25N5O2/c1-3-23-8-7-17-15-13-9-21(12-5-4-6-12)14(22)10-20(2)16(13)19-11-18-15/h11-12H,3-10H2,1-2H3,(H,17,18,19). The Morgan fingerprint density at radius 3 is 2.87 bits per heavy atom. The number of carbonyl (C=O) groups excluding carboxylic acids is 1. The molecule has 0 spiro atoms. The Balaban J connectivity index is 1.82. The second-order valence-electron chi connectivity index (χ2n) is 6.11. The van der Waals surface area contributed by atoms with Gasteiger partial charge in [0.25, 0.3) is 0 Å². The lowest BCUT2D eigenvalue weighted by Crippen LogP contribution is -2.45. The SMILES string of the molecule is CCOCCNc1ncnc2c1CN(C1CCC1)C(=O)CN2C. The van der Waals surface area contributed by atoms with Gasteiger partial charge in [-0.3, -0.25) is 4.79 Å². The van der Waals surface area contributed by atoms with Gasteiger partial charge in [-0.05, 0) is 26.2 Å². The minimum atomic E-state index is 0.176. The third-order valence-electron chi connectivity index (χ3n) is 4.56. The average molecular weight is 319 g/mol. The number of aromatic nitrogens is 2. The summed E-state index contributed by atoms with van der Waals surface area (Å²) in [6, 6.07) is 0.373. The van der Waals surface area contributed by atoms with E-state index in [1.807, 2.05) is 23.8 Å². The normalized spacial score (nSPS) is 18.4. The van der Waals surface area contributed by atoms with Crippen molar-refractivity contribution in [3.8, 4) is 0 Å². The number of hydrogen-bond donors (Lipinski definition) is 1. The fourth-order valence-electron chi connectivity index (χ4n) is 3.07. The van der Waals surface area contributed by atoms with Crippen molar-refractivity contribution >= 4 is 17.5 Å². The fraction of sp³-hybridized carbons (Fsp3) is 0.688. The molecule has 1 N–H and O–H groups in total. The Kier molecular flexibility index (Phi) is 4.95. The van der Waals surface area contributed by atoms with Gasteiger partial charge in [0, 0.05) is 26.2 Å². The molecule has 2 aliphatic rings. The number of rotatable bonds is 6. The number of likely N-dealkylation sites (N-methyl/N-ethyl adjacent to an activating group) is 1. The Morgan fingerprint density at radius 2 is 2.17 bits per heavy atom. The number of nitrogens with zero attached hydrogens (tertiary/aromatic N) is 4. The first-order valence-corrected chi connectivity index (χ1v) is 8.36. The van der Waals surface area contributed by atoms with E-state index in [1.165, 1.54) is 6.42 Å². The number of nitrogens with one attached hydrogen (secondary N) is 1. The summed E-state index contributed by atoms with van der Waals surface area (Å²) >= 11 is 0. The minimum absolute atomic E-state index is 0.176. The van der Waals surface area contributed by atoms with Crippen LogP contribution in [0.4, 0.5) is 11.6 Å². The molecule has 1 aromatic rings. The molecule has 3 rings (SSSR count). The van der Waals surface area contributed by atoms with Crippen molar-refractivity contribution in [1.29, 1.82) is 0 Å². The lowest BCUT2D eigenvalue weighted by atomic mass is 9.91. The zero-order valence-electron chi connectivity index (χ0n) is 13.9. The van der Waals surface area contributed by atoms with Crippen LogP contribution in [0.5, 0.6) is 0 Å². The third kappa shape index (κ3) is 3.39. The first-order valence-electron chi connectivity index (χ1n) is 8.36. The minimum Gasteiger partial charge on any atom is -0.380 e. The predicted molar refractivity (Wildman–Crippen MR) is 88.5 cm³/mol. The number of carbonyl (C=O) groups is 1. The summed E-state index contributed by atoms with van der Waals surface area (Å²) in [6.07, 6.45) is 4.97. The molecule has 0 aromatic carbocycles. The van der Waals surface area contributed by atoms with Gasteiger partial charge in [-0.15, -0.1) is 0 Å². The highest BCUT2D eigenvalue weighted by atomic mass is 16.5. The second-order valence-corrected chi connectivity index (χ2v) is 6.11. The topological polar surface area (TPSA) is 70.6 Å². The summed E-state index contributed by atoms with van der Waals surface area (Å²) in [7, 11) is 1.91. The van der Waals surface area contributed by atoms with E-state index in [1.54, 1.807) is 6.33 Å². The molecule has 7 nitrogen and oxygen atoms in total. The van der Waals surface area contributed by atoms with Crippen molar-refractivity contribution in [3.05, 3.63) is 11.9 Å². The molecular weight excluding hydrogens is 294 g/mol. The van der Waals surface area contributed by atoms with Gasteiger partial charge in [-0.1, -0.05) is 0 Å². The van der Waals surface area contributed by atoms with Gasteiger partial charge in [0.15, 0.2) is 0 Å². The lowest BCUT2D eigenvalue weighted by Gasteiger charge is -2.37. The number of hydrogen-bond acceptors (Lipinski definition) is 6. The van der Waals surface area contributed by atoms with Crippen molar-refractivity contribution in [2.75, 3.05) is 43.6 Å². The molecule has 1 saturated carbocycles. The molecule has 0 saturated heterocycles. The molecule has 1 aromatic heterocycles. The van der Waals surface area contributed by atoms with Gasteiger partial charge < -0.3 is 19.9 Å². The molecular formula is C16H25N5O2. The fourth-order valence-corrected chi connectivity index (χ4v) is 3.07. The van der Waals surface area contributed by atoms with Crippen LogP contribution in [0.15, 0.2) is 6.33 Å². The van der Waals surface area contributed by atoms with Gasteiger partial charge in [0.05, 0.1) is 25.3 Å². The molecule has 1 amide bonds. The summed E-state index contributed by atoms with van der Waals surface area (Å²) < 4.78 is 5.37. The monoisotopic (exact) mass is 319 g/mol. The summed E-state index contributed by atoms with van der Waals surface area (Å²) in [5, 5.41) is 3.33. The molecule has 0 bridgehead atoms. The van der Waals surface area contributed by atoms with Gasteiger partial charge in [-0.2, -0.15) is 0 Å². The summed E-state index contributed by atoms with van der Waals surface area (Å²) in [6.45, 7) is 4.97. The molecule has 1 aliphatic heterocycles. The van der Waals surface area contributed by atoms with Gasteiger partial charge in [0.1, 0.15) is 18.0 Å². The van der Waals surface area contributed by atoms with Crippen LogP contribution in [0.3, 0.4) is 0 Å². The van der Waals surface area contributed by atoms with E-state index >= 15 is 0 Å². The molecule has 7 heteroatoms. The molecule has 23 heavy (non-hydrogen) atoms. The lowest BCUT2D eigenvalue weighted by molar-refractivity contribution is -0.134. The van der Waals surface area contributed by atoms with Crippen LogP contribution in [0, 0.1) is 0 Å². The zero-order valence-corrected chi connectivity index (χ0v) is 13.9. The quantitative estimate of drug-likeness (QED) is 0.796. The summed E-state index contributed by atoms with van der Waals surface area (Å²) in [5.74, 6) is 1.82. The second kappa shape index (κ2) is 7.12. The Labute approximate surface area is 137 Å². The van der Waals surface area contributed by atoms with E-state index in [4.69, 9.17) is 4.74 Å². The molecule has 1 fully saturated rings. The van der Waals surface area contributed by atoms with Crippen LogP contribution in [0.1, 0.15) is 31.7 Å². The van der Waals surface area contributed by atoms with E-state index in [-0.39, 0.29) is 5.91 Å². The highest BCUT2D eigenvalue weighted by molar-refractivity contribution is 5.84. The maximum Gasteiger partial charge on any atom is 0.242 e. The van der Waals surface area contributed by atoms with E-state index in [0.717, 1.165) is 30.0 Å². The Hall–Kier alpha value is -1.89. The van der Waals surface area contributed by atoms with Crippen molar-refractivity contribution in [3.63, 3.8) is 0 Å². The van der Waals surface area contributed by atoms with Crippen molar-refractivity contribution in [1.82, 2.24) is 14.9 Å². The molecule has 0 radical (unpaired) electrons. The highest BCUT2D eigenvalue weighted by Gasteiger charge is 2.33. The Morgan fingerprint density at radius 1 is 1.35 bits per heavy atom. The number of ether oxygens (including phenoxy) is 1. The molecule has 0 unspecified atom stereocenters. The molecule has 126 valence electrons. The van der Waals surface area contributed by atoms with E-state index < -0.39 is 0 Å². The number of anilines is 2. The Bertz CT molecular complexity index is 561. The molecule has 2 heterocycles. The van der Waals surface area contributed by atoms with Crippen molar-refractivity contribution in [2.45, 2.75) is 38.8 Å². The van der Waals surface area contributed by atoms with E-state index in [0.29, 0.717) is 38.9 Å². The predicted octanol–water partition coefficient (Wildman–Crippen LogP) is 1.26. The molecule has 1 aliphatic carbocycles. The first kappa shape index (κ1) is 16.0. The van der Waals surface area contributed by atoms with Gasteiger partial charge >= 0.3 is 0 Å². The van der Waals surface area contributed by atoms with Crippen molar-refractivity contribution in [2.24, 2.45) is 0 Å². The van der Waals surface area contributed by atoms with Crippen LogP contribution >= 0.6 is 0 Å². The number of fused-ring (bicyclic) bond motifs is 1. The van der Waals surface area contributed by atoms with Gasteiger partial charge in [-0.25, -0.2) is 9.97 Å². The van der Waals surface area contributed by atoms with Crippen molar-refractivity contribution < 1.29 is 9.53 Å². The van der Waals surface area contributed by atoms with Gasteiger partial charge in [0.2, 0.25) is 5.91 Å².